The van der Waals surface area contributed by atoms with Crippen molar-refractivity contribution in [3.63, 3.8) is 0 Å². The largest absolute Gasteiger partial charge is 0.378 e. The molecule has 1 aliphatic heterocycles. The molecule has 92 valence electrons. The second-order valence-corrected chi connectivity index (χ2v) is 4.46. The Kier molecular flexibility index (Phi) is 4.15. The Labute approximate surface area is 102 Å². The molecule has 17 heavy (non-hydrogen) atoms. The van der Waals surface area contributed by atoms with Gasteiger partial charge in [0.05, 0.1) is 6.10 Å². The highest BCUT2D eigenvalue weighted by atomic mass is 16.5. The Hall–Kier alpha value is -1.35. The van der Waals surface area contributed by atoms with Crippen molar-refractivity contribution in [2.75, 3.05) is 18.6 Å². The molecule has 0 aliphatic carbocycles. The lowest BCUT2D eigenvalue weighted by molar-refractivity contribution is -0.118. The number of rotatable bonds is 4. The zero-order valence-electron chi connectivity index (χ0n) is 10.3. The summed E-state index contributed by atoms with van der Waals surface area (Å²) in [5.41, 5.74) is 0.949. The van der Waals surface area contributed by atoms with Gasteiger partial charge in [-0.3, -0.25) is 4.79 Å². The van der Waals surface area contributed by atoms with E-state index in [4.69, 9.17) is 4.74 Å². The predicted octanol–water partition coefficient (Wildman–Crippen LogP) is 2.61. The van der Waals surface area contributed by atoms with Crippen LogP contribution in [0.4, 0.5) is 5.69 Å². The molecule has 0 spiro atoms. The SMILES string of the molecule is CN(C(=O)CCC1CCCO1)c1ccccc1. The van der Waals surface area contributed by atoms with Gasteiger partial charge in [0.1, 0.15) is 0 Å². The van der Waals surface area contributed by atoms with Gasteiger partial charge in [0, 0.05) is 25.8 Å². The van der Waals surface area contributed by atoms with Crippen LogP contribution >= 0.6 is 0 Å². The lowest BCUT2D eigenvalue weighted by Crippen LogP contribution is -2.26. The minimum atomic E-state index is 0.159. The van der Waals surface area contributed by atoms with E-state index in [0.717, 1.165) is 31.6 Å². The third-order valence-corrected chi connectivity index (χ3v) is 3.22. The number of hydrogen-bond acceptors (Lipinski definition) is 2. The van der Waals surface area contributed by atoms with Gasteiger partial charge in [-0.2, -0.15) is 0 Å². The molecule has 0 aromatic heterocycles. The van der Waals surface area contributed by atoms with Crippen LogP contribution in [0.3, 0.4) is 0 Å². The number of anilines is 1. The number of carbonyl (C=O) groups is 1. The van der Waals surface area contributed by atoms with Crippen molar-refractivity contribution in [3.8, 4) is 0 Å². The molecule has 1 saturated heterocycles. The molecule has 3 heteroatoms. The fourth-order valence-corrected chi connectivity index (χ4v) is 2.12. The molecule has 1 atom stereocenters. The first-order chi connectivity index (χ1) is 8.27. The maximum Gasteiger partial charge on any atom is 0.226 e. The minimum Gasteiger partial charge on any atom is -0.378 e. The summed E-state index contributed by atoms with van der Waals surface area (Å²) in [5, 5.41) is 0. The van der Waals surface area contributed by atoms with Gasteiger partial charge in [-0.05, 0) is 31.4 Å². The Balaban J connectivity index is 1.83. The van der Waals surface area contributed by atoms with Crippen molar-refractivity contribution < 1.29 is 9.53 Å². The number of hydrogen-bond donors (Lipinski definition) is 0. The number of nitrogens with zero attached hydrogens (tertiary/aromatic N) is 1. The van der Waals surface area contributed by atoms with E-state index in [2.05, 4.69) is 0 Å². The maximum atomic E-state index is 12.0. The number of ether oxygens (including phenoxy) is 1. The Morgan fingerprint density at radius 1 is 1.41 bits per heavy atom. The van der Waals surface area contributed by atoms with Crippen LogP contribution < -0.4 is 4.90 Å². The van der Waals surface area contributed by atoms with Crippen LogP contribution in [0.1, 0.15) is 25.7 Å². The maximum absolute atomic E-state index is 12.0. The lowest BCUT2D eigenvalue weighted by Gasteiger charge is -2.18. The van der Waals surface area contributed by atoms with E-state index in [1.165, 1.54) is 0 Å². The number of carbonyl (C=O) groups excluding carboxylic acids is 1. The van der Waals surface area contributed by atoms with Crippen LogP contribution in [0.2, 0.25) is 0 Å². The van der Waals surface area contributed by atoms with E-state index in [9.17, 15) is 4.79 Å². The fourth-order valence-electron chi connectivity index (χ4n) is 2.12. The Morgan fingerprint density at radius 3 is 2.82 bits per heavy atom. The summed E-state index contributed by atoms with van der Waals surface area (Å²) in [6.45, 7) is 0.855. The highest BCUT2D eigenvalue weighted by Crippen LogP contribution is 2.18. The molecule has 0 bridgehead atoms. The minimum absolute atomic E-state index is 0.159. The normalized spacial score (nSPS) is 19.2. The van der Waals surface area contributed by atoms with Crippen LogP contribution in [-0.2, 0) is 9.53 Å². The summed E-state index contributed by atoms with van der Waals surface area (Å²) in [7, 11) is 1.83. The summed E-state index contributed by atoms with van der Waals surface area (Å²) >= 11 is 0. The average Bonchev–Trinajstić information content (AvgIpc) is 2.89. The summed E-state index contributed by atoms with van der Waals surface area (Å²) in [6, 6.07) is 9.74. The molecule has 0 N–H and O–H groups in total. The van der Waals surface area contributed by atoms with E-state index in [1.807, 2.05) is 37.4 Å². The van der Waals surface area contributed by atoms with Gasteiger partial charge in [-0.1, -0.05) is 18.2 Å². The van der Waals surface area contributed by atoms with Crippen molar-refractivity contribution in [1.82, 2.24) is 0 Å². The summed E-state index contributed by atoms with van der Waals surface area (Å²) < 4.78 is 5.52. The van der Waals surface area contributed by atoms with E-state index in [-0.39, 0.29) is 5.91 Å². The molecule has 0 saturated carbocycles. The van der Waals surface area contributed by atoms with Crippen LogP contribution in [0.15, 0.2) is 30.3 Å². The van der Waals surface area contributed by atoms with Crippen molar-refractivity contribution >= 4 is 11.6 Å². The molecular weight excluding hydrogens is 214 g/mol. The molecule has 1 aromatic carbocycles. The third kappa shape index (κ3) is 3.30. The number of para-hydroxylation sites is 1. The molecule has 1 aromatic rings. The van der Waals surface area contributed by atoms with Gasteiger partial charge >= 0.3 is 0 Å². The first kappa shape index (κ1) is 12.1. The topological polar surface area (TPSA) is 29.5 Å². The van der Waals surface area contributed by atoms with E-state index in [1.54, 1.807) is 4.90 Å². The van der Waals surface area contributed by atoms with Gasteiger partial charge in [0.15, 0.2) is 0 Å². The van der Waals surface area contributed by atoms with Gasteiger partial charge in [-0.25, -0.2) is 0 Å². The van der Waals surface area contributed by atoms with Crippen LogP contribution in [0, 0.1) is 0 Å². The van der Waals surface area contributed by atoms with Crippen molar-refractivity contribution in [3.05, 3.63) is 30.3 Å². The first-order valence-corrected chi connectivity index (χ1v) is 6.20. The molecule has 1 unspecified atom stereocenters. The molecule has 3 nitrogen and oxygen atoms in total. The van der Waals surface area contributed by atoms with Crippen molar-refractivity contribution in [1.29, 1.82) is 0 Å². The second kappa shape index (κ2) is 5.82. The van der Waals surface area contributed by atoms with Crippen LogP contribution in [0.5, 0.6) is 0 Å². The molecule has 2 rings (SSSR count). The first-order valence-electron chi connectivity index (χ1n) is 6.20. The molecule has 0 radical (unpaired) electrons. The number of benzene rings is 1. The Bertz CT molecular complexity index is 358. The summed E-state index contributed by atoms with van der Waals surface area (Å²) in [6.07, 6.45) is 3.94. The zero-order chi connectivity index (χ0) is 12.1. The molecule has 1 heterocycles. The van der Waals surface area contributed by atoms with E-state index in [0.29, 0.717) is 12.5 Å². The molecular formula is C14H19NO2. The van der Waals surface area contributed by atoms with Crippen LogP contribution in [0.25, 0.3) is 0 Å². The average molecular weight is 233 g/mol. The van der Waals surface area contributed by atoms with Crippen LogP contribution in [-0.4, -0.2) is 25.7 Å². The van der Waals surface area contributed by atoms with Crippen molar-refractivity contribution in [2.45, 2.75) is 31.8 Å². The highest BCUT2D eigenvalue weighted by Gasteiger charge is 2.18. The standard InChI is InChI=1S/C14H19NO2/c1-15(12-6-3-2-4-7-12)14(16)10-9-13-8-5-11-17-13/h2-4,6-7,13H,5,8-11H2,1H3. The quantitative estimate of drug-likeness (QED) is 0.800. The number of amides is 1. The predicted molar refractivity (Wildman–Crippen MR) is 68.1 cm³/mol. The Morgan fingerprint density at radius 2 is 2.18 bits per heavy atom. The summed E-state index contributed by atoms with van der Waals surface area (Å²) in [5.74, 6) is 0.159. The molecule has 1 amide bonds. The molecule has 1 aliphatic rings. The summed E-state index contributed by atoms with van der Waals surface area (Å²) in [4.78, 5) is 13.7. The van der Waals surface area contributed by atoms with Crippen molar-refractivity contribution in [2.24, 2.45) is 0 Å². The third-order valence-electron chi connectivity index (χ3n) is 3.22. The van der Waals surface area contributed by atoms with Gasteiger partial charge in [0.25, 0.3) is 0 Å². The highest BCUT2D eigenvalue weighted by molar-refractivity contribution is 5.92. The smallest absolute Gasteiger partial charge is 0.226 e. The van der Waals surface area contributed by atoms with Gasteiger partial charge < -0.3 is 9.64 Å². The zero-order valence-corrected chi connectivity index (χ0v) is 10.3. The van der Waals surface area contributed by atoms with Gasteiger partial charge in [-0.15, -0.1) is 0 Å². The fraction of sp³-hybridized carbons (Fsp3) is 0.500. The van der Waals surface area contributed by atoms with Gasteiger partial charge in [0.2, 0.25) is 5.91 Å². The van der Waals surface area contributed by atoms with E-state index >= 15 is 0 Å². The molecule has 1 fully saturated rings. The lowest BCUT2D eigenvalue weighted by atomic mass is 10.1. The van der Waals surface area contributed by atoms with E-state index < -0.39 is 0 Å². The monoisotopic (exact) mass is 233 g/mol. The second-order valence-electron chi connectivity index (χ2n) is 4.46.